The molecule has 72 valence electrons. The van der Waals surface area contributed by atoms with Crippen molar-refractivity contribution in [1.82, 2.24) is 15.0 Å². The second kappa shape index (κ2) is 3.77. The Bertz CT molecular complexity index is 269. The van der Waals surface area contributed by atoms with Crippen LogP contribution in [0.25, 0.3) is 0 Å². The van der Waals surface area contributed by atoms with E-state index < -0.39 is 11.2 Å². The van der Waals surface area contributed by atoms with Crippen LogP contribution in [0.1, 0.15) is 0 Å². The van der Waals surface area contributed by atoms with E-state index in [1.54, 1.807) is 0 Å². The summed E-state index contributed by atoms with van der Waals surface area (Å²) in [4.78, 5) is 9.94. The minimum absolute atomic E-state index is 0.366. The van der Waals surface area contributed by atoms with Crippen LogP contribution in [0.4, 0.5) is 17.8 Å². The van der Waals surface area contributed by atoms with Crippen molar-refractivity contribution in [2.45, 2.75) is 0 Å². The van der Waals surface area contributed by atoms with Crippen LogP contribution in [-0.2, 0) is 0 Å². The monoisotopic (exact) mass is 190 g/mol. The molecule has 13 heavy (non-hydrogen) atoms. The van der Waals surface area contributed by atoms with Crippen molar-refractivity contribution in [2.75, 3.05) is 16.2 Å². The summed E-state index contributed by atoms with van der Waals surface area (Å²) in [6.45, 7) is 0. The SMILES string of the molecule is ONc1nc(NO)nc(N(O)O)n1. The predicted octanol–water partition coefficient (Wildman–Crippen LogP) is -0.941. The Hall–Kier alpha value is -1.75. The Balaban J connectivity index is 3.07. The molecule has 0 atom stereocenters. The second-order valence-electron chi connectivity index (χ2n) is 1.80. The van der Waals surface area contributed by atoms with Crippen LogP contribution in [0.2, 0.25) is 0 Å². The molecule has 1 heterocycles. The van der Waals surface area contributed by atoms with Gasteiger partial charge in [-0.05, 0) is 0 Å². The van der Waals surface area contributed by atoms with Gasteiger partial charge >= 0.3 is 0 Å². The van der Waals surface area contributed by atoms with Gasteiger partial charge in [0.25, 0.3) is 17.8 Å². The zero-order valence-corrected chi connectivity index (χ0v) is 6.08. The third kappa shape index (κ3) is 2.09. The molecule has 10 nitrogen and oxygen atoms in total. The lowest BCUT2D eigenvalue weighted by Gasteiger charge is -2.07. The maximum absolute atomic E-state index is 8.48. The molecular weight excluding hydrogens is 184 g/mol. The first-order valence-corrected chi connectivity index (χ1v) is 2.91. The highest BCUT2D eigenvalue weighted by Gasteiger charge is 2.08. The summed E-state index contributed by atoms with van der Waals surface area (Å²) in [6, 6.07) is 0. The van der Waals surface area contributed by atoms with Crippen LogP contribution >= 0.6 is 0 Å². The molecule has 0 aliphatic carbocycles. The smallest absolute Gasteiger partial charge is 0.284 e. The molecule has 6 N–H and O–H groups in total. The van der Waals surface area contributed by atoms with Crippen LogP contribution in [0.15, 0.2) is 0 Å². The van der Waals surface area contributed by atoms with Gasteiger partial charge in [-0.15, -0.1) is 0 Å². The molecule has 0 unspecified atom stereocenters. The molecule has 0 fully saturated rings. The van der Waals surface area contributed by atoms with E-state index in [0.717, 1.165) is 0 Å². The lowest BCUT2D eigenvalue weighted by Crippen LogP contribution is -2.17. The molecule has 1 aromatic heterocycles. The van der Waals surface area contributed by atoms with Crippen LogP contribution in [0, 0.1) is 0 Å². The molecule has 0 saturated carbocycles. The van der Waals surface area contributed by atoms with Gasteiger partial charge in [0.15, 0.2) is 0 Å². The molecule has 0 aliphatic rings. The molecule has 0 saturated heterocycles. The van der Waals surface area contributed by atoms with Gasteiger partial charge in [-0.25, -0.2) is 11.0 Å². The Morgan fingerprint density at radius 1 is 0.923 bits per heavy atom. The molecule has 0 aliphatic heterocycles. The van der Waals surface area contributed by atoms with Crippen molar-refractivity contribution >= 4 is 17.8 Å². The third-order valence-electron chi connectivity index (χ3n) is 1.00. The molecule has 0 spiro atoms. The van der Waals surface area contributed by atoms with Crippen molar-refractivity contribution < 1.29 is 20.8 Å². The van der Waals surface area contributed by atoms with E-state index in [2.05, 4.69) is 15.0 Å². The van der Waals surface area contributed by atoms with E-state index in [4.69, 9.17) is 20.8 Å². The normalized spacial score (nSPS) is 9.54. The Morgan fingerprint density at radius 2 is 1.38 bits per heavy atom. The van der Waals surface area contributed by atoms with E-state index >= 15 is 0 Å². The molecule has 0 bridgehead atoms. The van der Waals surface area contributed by atoms with Crippen molar-refractivity contribution in [1.29, 1.82) is 0 Å². The Kier molecular flexibility index (Phi) is 2.71. The highest BCUT2D eigenvalue weighted by molar-refractivity contribution is 5.38. The van der Waals surface area contributed by atoms with Crippen molar-refractivity contribution in [2.24, 2.45) is 0 Å². The van der Waals surface area contributed by atoms with E-state index in [-0.39, 0.29) is 11.9 Å². The van der Waals surface area contributed by atoms with Gasteiger partial charge < -0.3 is 0 Å². The molecule has 10 heteroatoms. The van der Waals surface area contributed by atoms with Gasteiger partial charge in [-0.3, -0.25) is 20.8 Å². The van der Waals surface area contributed by atoms with E-state index in [1.807, 2.05) is 0 Å². The van der Waals surface area contributed by atoms with E-state index in [1.165, 1.54) is 11.0 Å². The molecule has 1 rings (SSSR count). The first kappa shape index (κ1) is 9.34. The van der Waals surface area contributed by atoms with Gasteiger partial charge in [0, 0.05) is 0 Å². The maximum atomic E-state index is 8.48. The highest BCUT2D eigenvalue weighted by atomic mass is 16.8. The van der Waals surface area contributed by atoms with E-state index in [9.17, 15) is 0 Å². The Labute approximate surface area is 70.9 Å². The number of aromatic nitrogens is 3. The van der Waals surface area contributed by atoms with Gasteiger partial charge in [-0.2, -0.15) is 15.0 Å². The number of rotatable bonds is 3. The summed E-state index contributed by atoms with van der Waals surface area (Å²) in [5.74, 6) is -1.31. The summed E-state index contributed by atoms with van der Waals surface area (Å²) >= 11 is 0. The molecule has 0 amide bonds. The summed E-state index contributed by atoms with van der Waals surface area (Å²) in [7, 11) is 0. The fourth-order valence-electron chi connectivity index (χ4n) is 0.554. The van der Waals surface area contributed by atoms with Crippen LogP contribution in [0.3, 0.4) is 0 Å². The topological polar surface area (TPSA) is 147 Å². The van der Waals surface area contributed by atoms with Crippen molar-refractivity contribution in [3.8, 4) is 0 Å². The lowest BCUT2D eigenvalue weighted by molar-refractivity contribution is 0.0241. The van der Waals surface area contributed by atoms with Gasteiger partial charge in [-0.1, -0.05) is 5.23 Å². The Morgan fingerprint density at radius 3 is 1.69 bits per heavy atom. The zero-order chi connectivity index (χ0) is 9.84. The number of hydrogen-bond acceptors (Lipinski definition) is 10. The lowest BCUT2D eigenvalue weighted by atomic mass is 10.8. The minimum atomic E-state index is -0.580. The fraction of sp³-hybridized carbons (Fsp3) is 0. The molecule has 0 aromatic carbocycles. The van der Waals surface area contributed by atoms with Gasteiger partial charge in [0.05, 0.1) is 0 Å². The molecule has 0 radical (unpaired) electrons. The highest BCUT2D eigenvalue weighted by Crippen LogP contribution is 2.09. The zero-order valence-electron chi connectivity index (χ0n) is 6.08. The third-order valence-corrected chi connectivity index (χ3v) is 1.00. The van der Waals surface area contributed by atoms with Crippen LogP contribution < -0.4 is 16.2 Å². The summed E-state index contributed by atoms with van der Waals surface area (Å²) in [5, 5.41) is 33.3. The van der Waals surface area contributed by atoms with E-state index in [0.29, 0.717) is 0 Å². The quantitative estimate of drug-likeness (QED) is 0.330. The average Bonchev–Trinajstić information content (AvgIpc) is 2.16. The minimum Gasteiger partial charge on any atom is -0.288 e. The number of nitrogens with zero attached hydrogens (tertiary/aromatic N) is 4. The average molecular weight is 190 g/mol. The fourth-order valence-corrected chi connectivity index (χ4v) is 0.554. The summed E-state index contributed by atoms with van der Waals surface area (Å²) in [5.41, 5.74) is 3.07. The number of anilines is 3. The number of hydrogen-bond donors (Lipinski definition) is 6. The predicted molar refractivity (Wildman–Crippen MR) is 36.7 cm³/mol. The summed E-state index contributed by atoms with van der Waals surface area (Å²) in [6.07, 6.45) is 0. The molecular formula is C3H6N6O4. The second-order valence-corrected chi connectivity index (χ2v) is 1.80. The van der Waals surface area contributed by atoms with Crippen LogP contribution in [-0.4, -0.2) is 35.8 Å². The first-order valence-electron chi connectivity index (χ1n) is 2.91. The van der Waals surface area contributed by atoms with Gasteiger partial charge in [0.1, 0.15) is 0 Å². The van der Waals surface area contributed by atoms with Crippen LogP contribution in [0.5, 0.6) is 0 Å². The molecule has 1 aromatic rings. The van der Waals surface area contributed by atoms with Gasteiger partial charge in [0.2, 0.25) is 0 Å². The first-order chi connectivity index (χ1) is 6.17. The number of nitrogens with one attached hydrogen (secondary N) is 2. The largest absolute Gasteiger partial charge is 0.288 e. The maximum Gasteiger partial charge on any atom is 0.284 e. The standard InChI is InChI=1S/C3H6N6O4/c10-7-1-4-2(8-11)6-3(5-1)9(12)13/h10-13H,(H2,4,5,6,7,8). The van der Waals surface area contributed by atoms with Crippen molar-refractivity contribution in [3.63, 3.8) is 0 Å². The van der Waals surface area contributed by atoms with Crippen molar-refractivity contribution in [3.05, 3.63) is 0 Å². The summed E-state index contributed by atoms with van der Waals surface area (Å²) < 4.78 is 0.